The Morgan fingerprint density at radius 1 is 1.35 bits per heavy atom. The Balaban J connectivity index is 1.60. The van der Waals surface area contributed by atoms with Crippen LogP contribution in [0.5, 0.6) is 11.5 Å². The topological polar surface area (TPSA) is 74.0 Å². The van der Waals surface area contributed by atoms with Crippen LogP contribution in [-0.4, -0.2) is 43.8 Å². The molecule has 2 aliphatic rings. The van der Waals surface area contributed by atoms with E-state index in [1.165, 1.54) is 5.56 Å². The van der Waals surface area contributed by atoms with E-state index in [1.807, 2.05) is 19.1 Å². The number of nitrogen functional groups attached to an aromatic ring is 1. The molecule has 0 spiro atoms. The molecule has 0 radical (unpaired) electrons. The smallest absolute Gasteiger partial charge is 0.338 e. The number of nitrogens with two attached hydrogens (primary N) is 1. The highest BCUT2D eigenvalue weighted by Gasteiger charge is 2.51. The van der Waals surface area contributed by atoms with Crippen molar-refractivity contribution in [1.29, 1.82) is 0 Å². The SMILES string of the molecule is C=C[C@@]12CCN(C)Cc3ccc(OC)c(c31)OC2C[C@H](C)OC(=O)c1ccc(N)cc1. The van der Waals surface area contributed by atoms with Gasteiger partial charge in [0, 0.05) is 24.2 Å². The quantitative estimate of drug-likeness (QED) is 0.432. The third-order valence-electron chi connectivity index (χ3n) is 6.44. The Hall–Kier alpha value is -2.99. The van der Waals surface area contributed by atoms with Crippen LogP contribution in [0.25, 0.3) is 0 Å². The predicted octanol–water partition coefficient (Wildman–Crippen LogP) is 3.93. The van der Waals surface area contributed by atoms with E-state index in [0.717, 1.165) is 36.6 Å². The summed E-state index contributed by atoms with van der Waals surface area (Å²) >= 11 is 0. The number of ether oxygens (including phenoxy) is 3. The first kappa shape index (κ1) is 21.2. The van der Waals surface area contributed by atoms with Gasteiger partial charge in [0.05, 0.1) is 18.1 Å². The highest BCUT2D eigenvalue weighted by molar-refractivity contribution is 5.89. The van der Waals surface area contributed by atoms with Crippen molar-refractivity contribution in [3.8, 4) is 11.5 Å². The maximum absolute atomic E-state index is 12.6. The van der Waals surface area contributed by atoms with Gasteiger partial charge in [0.1, 0.15) is 12.2 Å². The van der Waals surface area contributed by atoms with E-state index >= 15 is 0 Å². The van der Waals surface area contributed by atoms with Gasteiger partial charge in [-0.15, -0.1) is 6.58 Å². The van der Waals surface area contributed by atoms with Crippen LogP contribution in [0.3, 0.4) is 0 Å². The molecule has 164 valence electrons. The molecule has 0 fully saturated rings. The molecule has 0 aromatic heterocycles. The number of carbonyl (C=O) groups excluding carboxylic acids is 1. The normalized spacial score (nSPS) is 23.3. The zero-order valence-corrected chi connectivity index (χ0v) is 18.4. The van der Waals surface area contributed by atoms with Gasteiger partial charge in [0.2, 0.25) is 0 Å². The highest BCUT2D eigenvalue weighted by atomic mass is 16.6. The van der Waals surface area contributed by atoms with Crippen molar-refractivity contribution in [2.75, 3.05) is 26.4 Å². The maximum atomic E-state index is 12.6. The van der Waals surface area contributed by atoms with E-state index in [2.05, 4.69) is 24.6 Å². The molecule has 2 aliphatic heterocycles. The minimum absolute atomic E-state index is 0.198. The van der Waals surface area contributed by atoms with Crippen LogP contribution in [0.2, 0.25) is 0 Å². The third kappa shape index (κ3) is 3.76. The lowest BCUT2D eigenvalue weighted by Crippen LogP contribution is -2.40. The van der Waals surface area contributed by atoms with Crippen LogP contribution in [0, 0.1) is 0 Å². The number of hydrogen-bond donors (Lipinski definition) is 1. The molecule has 0 amide bonds. The Morgan fingerprint density at radius 3 is 2.77 bits per heavy atom. The lowest BCUT2D eigenvalue weighted by Gasteiger charge is -2.32. The molecule has 0 saturated heterocycles. The number of carbonyl (C=O) groups is 1. The number of nitrogens with zero attached hydrogens (tertiary/aromatic N) is 1. The van der Waals surface area contributed by atoms with Crippen molar-refractivity contribution in [3.05, 3.63) is 65.7 Å². The molecule has 0 aliphatic carbocycles. The van der Waals surface area contributed by atoms with Gasteiger partial charge in [-0.1, -0.05) is 12.1 Å². The van der Waals surface area contributed by atoms with Gasteiger partial charge < -0.3 is 24.8 Å². The Labute approximate surface area is 183 Å². The van der Waals surface area contributed by atoms with E-state index < -0.39 is 0 Å². The zero-order valence-electron chi connectivity index (χ0n) is 18.4. The summed E-state index contributed by atoms with van der Waals surface area (Å²) in [5.41, 5.74) is 8.83. The molecule has 2 N–H and O–H groups in total. The van der Waals surface area contributed by atoms with Crippen LogP contribution in [0.4, 0.5) is 5.69 Å². The average Bonchev–Trinajstić information content (AvgIpc) is 2.98. The van der Waals surface area contributed by atoms with Gasteiger partial charge in [-0.3, -0.25) is 0 Å². The number of esters is 1. The summed E-state index contributed by atoms with van der Waals surface area (Å²) in [6, 6.07) is 10.8. The van der Waals surface area contributed by atoms with Crippen molar-refractivity contribution in [2.24, 2.45) is 0 Å². The van der Waals surface area contributed by atoms with Crippen molar-refractivity contribution in [3.63, 3.8) is 0 Å². The second-order valence-corrected chi connectivity index (χ2v) is 8.54. The lowest BCUT2D eigenvalue weighted by atomic mass is 9.72. The van der Waals surface area contributed by atoms with Crippen LogP contribution < -0.4 is 15.2 Å². The van der Waals surface area contributed by atoms with E-state index in [1.54, 1.807) is 31.4 Å². The summed E-state index contributed by atoms with van der Waals surface area (Å²) in [4.78, 5) is 14.9. The first-order valence-corrected chi connectivity index (χ1v) is 10.6. The highest BCUT2D eigenvalue weighted by Crippen LogP contribution is 2.54. The first-order chi connectivity index (χ1) is 14.9. The fourth-order valence-electron chi connectivity index (χ4n) is 4.78. The largest absolute Gasteiger partial charge is 0.493 e. The van der Waals surface area contributed by atoms with Gasteiger partial charge in [-0.2, -0.15) is 0 Å². The Kier molecular flexibility index (Phi) is 5.67. The summed E-state index contributed by atoms with van der Waals surface area (Å²) < 4.78 is 17.8. The molecule has 6 nitrogen and oxygen atoms in total. The van der Waals surface area contributed by atoms with Crippen LogP contribution in [0.1, 0.15) is 41.3 Å². The molecule has 2 heterocycles. The summed E-state index contributed by atoms with van der Waals surface area (Å²) in [6.07, 6.45) is 2.91. The van der Waals surface area contributed by atoms with Crippen LogP contribution in [0.15, 0.2) is 49.1 Å². The minimum atomic E-state index is -0.366. The van der Waals surface area contributed by atoms with E-state index in [4.69, 9.17) is 19.9 Å². The number of anilines is 1. The van der Waals surface area contributed by atoms with Crippen molar-refractivity contribution in [1.82, 2.24) is 4.90 Å². The molecular weight excluding hydrogens is 392 g/mol. The standard InChI is InChI=1S/C25H30N2O4/c1-5-25-12-13-27(3)15-18-8-11-20(29-4)23(22(18)25)31-21(25)14-16(2)30-24(28)17-6-9-19(26)10-7-17/h5-11,16,21H,1,12-15,26H2,2-4H3/t16-,21?,25-/m0/s1. The van der Waals surface area contributed by atoms with E-state index in [0.29, 0.717) is 17.7 Å². The van der Waals surface area contributed by atoms with Crippen LogP contribution in [-0.2, 0) is 16.7 Å². The lowest BCUT2D eigenvalue weighted by molar-refractivity contribution is 0.0186. The molecule has 0 saturated carbocycles. The first-order valence-electron chi connectivity index (χ1n) is 10.6. The van der Waals surface area contributed by atoms with Gasteiger partial charge in [-0.25, -0.2) is 4.79 Å². The Morgan fingerprint density at radius 2 is 2.10 bits per heavy atom. The fraction of sp³-hybridized carbons (Fsp3) is 0.400. The van der Waals surface area contributed by atoms with Gasteiger partial charge in [0.25, 0.3) is 0 Å². The third-order valence-corrected chi connectivity index (χ3v) is 6.44. The van der Waals surface area contributed by atoms with Crippen molar-refractivity contribution < 1.29 is 19.0 Å². The van der Waals surface area contributed by atoms with E-state index in [-0.39, 0.29) is 23.6 Å². The molecule has 2 aromatic carbocycles. The molecule has 0 bridgehead atoms. The number of hydrogen-bond acceptors (Lipinski definition) is 6. The molecule has 2 aromatic rings. The second kappa shape index (κ2) is 8.27. The average molecular weight is 423 g/mol. The molecule has 1 unspecified atom stereocenters. The van der Waals surface area contributed by atoms with Gasteiger partial charge in [-0.05, 0) is 62.8 Å². The summed E-state index contributed by atoms with van der Waals surface area (Å²) in [5, 5.41) is 0. The molecule has 3 atom stereocenters. The van der Waals surface area contributed by atoms with Crippen molar-refractivity contribution >= 4 is 11.7 Å². The maximum Gasteiger partial charge on any atom is 0.338 e. The van der Waals surface area contributed by atoms with Crippen molar-refractivity contribution in [2.45, 2.75) is 43.9 Å². The summed E-state index contributed by atoms with van der Waals surface area (Å²) in [5.74, 6) is 1.15. The number of benzene rings is 2. The van der Waals surface area contributed by atoms with Crippen LogP contribution >= 0.6 is 0 Å². The second-order valence-electron chi connectivity index (χ2n) is 8.54. The van der Waals surface area contributed by atoms with E-state index in [9.17, 15) is 4.79 Å². The fourth-order valence-corrected chi connectivity index (χ4v) is 4.78. The molecule has 31 heavy (non-hydrogen) atoms. The summed E-state index contributed by atoms with van der Waals surface area (Å²) in [7, 11) is 3.78. The predicted molar refractivity (Wildman–Crippen MR) is 121 cm³/mol. The Bertz CT molecular complexity index is 988. The number of rotatable bonds is 6. The molecular formula is C25H30N2O4. The monoisotopic (exact) mass is 422 g/mol. The minimum Gasteiger partial charge on any atom is -0.493 e. The number of methoxy groups -OCH3 is 1. The van der Waals surface area contributed by atoms with Gasteiger partial charge >= 0.3 is 5.97 Å². The molecule has 4 rings (SSSR count). The van der Waals surface area contributed by atoms with Gasteiger partial charge in [0.15, 0.2) is 11.5 Å². The summed E-state index contributed by atoms with van der Waals surface area (Å²) in [6.45, 7) is 7.86. The zero-order chi connectivity index (χ0) is 22.2. The molecule has 6 heteroatoms.